The molecule has 1 aliphatic rings. The summed E-state index contributed by atoms with van der Waals surface area (Å²) < 4.78 is 4.26. The summed E-state index contributed by atoms with van der Waals surface area (Å²) in [5.41, 5.74) is 7.94. The molecule has 0 saturated heterocycles. The molecular formula is C14H20N4OS2. The molecule has 1 fully saturated rings. The lowest BCUT2D eigenvalue weighted by Crippen LogP contribution is -2.20. The molecule has 1 aliphatic carbocycles. The number of aliphatic hydroxyl groups excluding tert-OH is 1. The fraction of sp³-hybridized carbons (Fsp3) is 0.571. The third kappa shape index (κ3) is 3.04. The minimum atomic E-state index is 0.287. The normalized spacial score (nSPS) is 21.8. The molecule has 7 heteroatoms. The zero-order valence-electron chi connectivity index (χ0n) is 12.0. The zero-order valence-corrected chi connectivity index (χ0v) is 13.6. The van der Waals surface area contributed by atoms with Crippen molar-refractivity contribution >= 4 is 33.7 Å². The Bertz CT molecular complexity index is 610. The Kier molecular flexibility index (Phi) is 4.42. The SMILES string of the molecule is Cc1csc(-c2c(N)nsc2NCC2CCCC2CO)n1. The van der Waals surface area contributed by atoms with Gasteiger partial charge >= 0.3 is 0 Å². The molecule has 114 valence electrons. The Morgan fingerprint density at radius 3 is 2.95 bits per heavy atom. The predicted octanol–water partition coefficient (Wildman–Crippen LogP) is 2.98. The van der Waals surface area contributed by atoms with E-state index in [1.165, 1.54) is 24.4 Å². The largest absolute Gasteiger partial charge is 0.396 e. The van der Waals surface area contributed by atoms with Crippen molar-refractivity contribution in [3.8, 4) is 10.6 Å². The van der Waals surface area contributed by atoms with E-state index in [4.69, 9.17) is 5.73 Å². The lowest BCUT2D eigenvalue weighted by molar-refractivity contribution is 0.199. The quantitative estimate of drug-likeness (QED) is 0.787. The van der Waals surface area contributed by atoms with Crippen molar-refractivity contribution in [2.45, 2.75) is 26.2 Å². The summed E-state index contributed by atoms with van der Waals surface area (Å²) in [4.78, 5) is 4.51. The molecule has 21 heavy (non-hydrogen) atoms. The van der Waals surface area contributed by atoms with Gasteiger partial charge in [-0.2, -0.15) is 4.37 Å². The van der Waals surface area contributed by atoms with E-state index in [9.17, 15) is 5.11 Å². The highest BCUT2D eigenvalue weighted by molar-refractivity contribution is 7.15. The number of nitrogens with zero attached hydrogens (tertiary/aromatic N) is 2. The van der Waals surface area contributed by atoms with Crippen LogP contribution in [-0.2, 0) is 0 Å². The van der Waals surface area contributed by atoms with E-state index in [0.717, 1.165) is 34.2 Å². The fourth-order valence-electron chi connectivity index (χ4n) is 2.95. The second-order valence-electron chi connectivity index (χ2n) is 5.58. The molecule has 2 heterocycles. The van der Waals surface area contributed by atoms with Gasteiger partial charge in [-0.05, 0) is 43.1 Å². The van der Waals surface area contributed by atoms with Crippen LogP contribution in [0.15, 0.2) is 5.38 Å². The van der Waals surface area contributed by atoms with Crippen LogP contribution in [-0.4, -0.2) is 27.6 Å². The van der Waals surface area contributed by atoms with Crippen molar-refractivity contribution in [1.29, 1.82) is 0 Å². The van der Waals surface area contributed by atoms with E-state index in [1.54, 1.807) is 11.3 Å². The Labute approximate surface area is 132 Å². The van der Waals surface area contributed by atoms with Gasteiger partial charge in [0, 0.05) is 24.2 Å². The number of aryl methyl sites for hydroxylation is 1. The van der Waals surface area contributed by atoms with Crippen LogP contribution in [0.4, 0.5) is 10.8 Å². The maximum Gasteiger partial charge on any atom is 0.149 e. The lowest BCUT2D eigenvalue weighted by Gasteiger charge is -2.18. The molecule has 0 radical (unpaired) electrons. The maximum atomic E-state index is 9.41. The predicted molar refractivity (Wildman–Crippen MR) is 88.8 cm³/mol. The molecule has 2 unspecified atom stereocenters. The first-order valence-electron chi connectivity index (χ1n) is 7.21. The number of aromatic nitrogens is 2. The summed E-state index contributed by atoms with van der Waals surface area (Å²) in [6, 6.07) is 0. The number of rotatable bonds is 5. The third-order valence-corrected chi connectivity index (χ3v) is 5.92. The summed E-state index contributed by atoms with van der Waals surface area (Å²) in [6.45, 7) is 3.13. The van der Waals surface area contributed by atoms with Crippen molar-refractivity contribution in [2.24, 2.45) is 11.8 Å². The van der Waals surface area contributed by atoms with Gasteiger partial charge in [0.1, 0.15) is 15.8 Å². The first-order valence-corrected chi connectivity index (χ1v) is 8.86. The van der Waals surface area contributed by atoms with Crippen molar-refractivity contribution in [2.75, 3.05) is 24.2 Å². The lowest BCUT2D eigenvalue weighted by atomic mass is 9.97. The second-order valence-corrected chi connectivity index (χ2v) is 7.21. The Morgan fingerprint density at radius 1 is 1.43 bits per heavy atom. The number of anilines is 2. The summed E-state index contributed by atoms with van der Waals surface area (Å²) in [7, 11) is 0. The molecule has 0 aliphatic heterocycles. The van der Waals surface area contributed by atoms with Crippen LogP contribution in [0.2, 0.25) is 0 Å². The van der Waals surface area contributed by atoms with Crippen LogP contribution in [0.3, 0.4) is 0 Å². The van der Waals surface area contributed by atoms with Crippen LogP contribution in [0.1, 0.15) is 25.0 Å². The Morgan fingerprint density at radius 2 is 2.24 bits per heavy atom. The number of hydrogen-bond acceptors (Lipinski definition) is 7. The van der Waals surface area contributed by atoms with Crippen molar-refractivity contribution in [3.63, 3.8) is 0 Å². The molecule has 5 nitrogen and oxygen atoms in total. The van der Waals surface area contributed by atoms with E-state index in [0.29, 0.717) is 17.7 Å². The van der Waals surface area contributed by atoms with Crippen molar-refractivity contribution in [1.82, 2.24) is 9.36 Å². The molecule has 0 bridgehead atoms. The summed E-state index contributed by atoms with van der Waals surface area (Å²) >= 11 is 2.98. The number of nitrogen functional groups attached to an aromatic ring is 1. The first kappa shape index (κ1) is 14.7. The zero-order chi connectivity index (χ0) is 14.8. The first-order chi connectivity index (χ1) is 10.2. The highest BCUT2D eigenvalue weighted by atomic mass is 32.1. The molecule has 1 saturated carbocycles. The van der Waals surface area contributed by atoms with Crippen LogP contribution in [0.5, 0.6) is 0 Å². The molecule has 0 amide bonds. The van der Waals surface area contributed by atoms with E-state index >= 15 is 0 Å². The minimum Gasteiger partial charge on any atom is -0.396 e. The average molecular weight is 324 g/mol. The van der Waals surface area contributed by atoms with Crippen LogP contribution in [0.25, 0.3) is 10.6 Å². The average Bonchev–Trinajstić information content (AvgIpc) is 3.16. The van der Waals surface area contributed by atoms with Gasteiger partial charge in [-0.1, -0.05) is 6.42 Å². The summed E-state index contributed by atoms with van der Waals surface area (Å²) in [5.74, 6) is 1.50. The van der Waals surface area contributed by atoms with E-state index in [2.05, 4.69) is 14.7 Å². The third-order valence-electron chi connectivity index (χ3n) is 4.13. The van der Waals surface area contributed by atoms with Crippen molar-refractivity contribution < 1.29 is 5.11 Å². The monoisotopic (exact) mass is 324 g/mol. The summed E-state index contributed by atoms with van der Waals surface area (Å²) in [5, 5.41) is 16.8. The molecule has 0 aromatic carbocycles. The highest BCUT2D eigenvalue weighted by Crippen LogP contribution is 2.39. The molecular weight excluding hydrogens is 304 g/mol. The molecule has 2 atom stereocenters. The van der Waals surface area contributed by atoms with Gasteiger partial charge in [-0.15, -0.1) is 11.3 Å². The smallest absolute Gasteiger partial charge is 0.149 e. The number of nitrogens with one attached hydrogen (secondary N) is 1. The number of aliphatic hydroxyl groups is 1. The fourth-order valence-corrected chi connectivity index (χ4v) is 4.59. The molecule has 3 rings (SSSR count). The van der Waals surface area contributed by atoms with Crippen LogP contribution >= 0.6 is 22.9 Å². The molecule has 4 N–H and O–H groups in total. The summed E-state index contributed by atoms with van der Waals surface area (Å²) in [6.07, 6.45) is 3.52. The van der Waals surface area contributed by atoms with Gasteiger partial charge in [0.15, 0.2) is 0 Å². The minimum absolute atomic E-state index is 0.287. The molecule has 0 spiro atoms. The number of thiazole rings is 1. The number of nitrogens with two attached hydrogens (primary N) is 1. The second kappa shape index (κ2) is 6.29. The van der Waals surface area contributed by atoms with Crippen LogP contribution in [0, 0.1) is 18.8 Å². The van der Waals surface area contributed by atoms with Gasteiger partial charge in [0.05, 0.1) is 5.56 Å². The molecule has 2 aromatic rings. The highest BCUT2D eigenvalue weighted by Gasteiger charge is 2.27. The van der Waals surface area contributed by atoms with Gasteiger partial charge in [0.2, 0.25) is 0 Å². The molecule has 2 aromatic heterocycles. The van der Waals surface area contributed by atoms with Crippen LogP contribution < -0.4 is 11.1 Å². The van der Waals surface area contributed by atoms with E-state index in [1.807, 2.05) is 12.3 Å². The van der Waals surface area contributed by atoms with Gasteiger partial charge < -0.3 is 16.2 Å². The maximum absolute atomic E-state index is 9.41. The topological polar surface area (TPSA) is 84.1 Å². The Balaban J connectivity index is 1.74. The van der Waals surface area contributed by atoms with Crippen molar-refractivity contribution in [3.05, 3.63) is 11.1 Å². The van der Waals surface area contributed by atoms with E-state index in [-0.39, 0.29) is 6.61 Å². The van der Waals surface area contributed by atoms with E-state index < -0.39 is 0 Å². The number of hydrogen-bond donors (Lipinski definition) is 3. The van der Waals surface area contributed by atoms with Gasteiger partial charge in [-0.3, -0.25) is 0 Å². The van der Waals surface area contributed by atoms with Gasteiger partial charge in [-0.25, -0.2) is 4.98 Å². The standard InChI is InChI=1S/C14H20N4OS2/c1-8-7-20-14(17-8)11-12(15)18-21-13(11)16-5-9-3-2-4-10(9)6-19/h7,9-10,16,19H,2-6H2,1H3,(H2,15,18). The Hall–Kier alpha value is -1.18. The van der Waals surface area contributed by atoms with Gasteiger partial charge in [0.25, 0.3) is 0 Å².